The summed E-state index contributed by atoms with van der Waals surface area (Å²) >= 11 is 1.86. The number of aromatic nitrogens is 2. The number of nitrogens with two attached hydrogens (primary N) is 1. The largest absolute Gasteiger partial charge is 0.383 e. The molecular formula is C7H9N3S. The van der Waals surface area contributed by atoms with Gasteiger partial charge in [-0.15, -0.1) is 11.8 Å². The fourth-order valence-electron chi connectivity index (χ4n) is 1.29. The highest BCUT2D eigenvalue weighted by atomic mass is 32.2. The normalized spacial score (nSPS) is 21.7. The molecule has 2 rings (SSSR count). The van der Waals surface area contributed by atoms with E-state index in [0.717, 1.165) is 17.0 Å². The van der Waals surface area contributed by atoms with Crippen LogP contribution in [-0.4, -0.2) is 9.97 Å². The predicted molar refractivity (Wildman–Crippen MR) is 46.2 cm³/mol. The van der Waals surface area contributed by atoms with Crippen molar-refractivity contribution in [1.29, 1.82) is 0 Å². The van der Waals surface area contributed by atoms with Crippen LogP contribution in [0.3, 0.4) is 0 Å². The number of nitrogens with zero attached hydrogens (tertiary/aromatic N) is 2. The van der Waals surface area contributed by atoms with Gasteiger partial charge in [0, 0.05) is 16.6 Å². The Bertz CT molecular complexity index is 287. The van der Waals surface area contributed by atoms with E-state index >= 15 is 0 Å². The van der Waals surface area contributed by atoms with Gasteiger partial charge in [0.15, 0.2) is 0 Å². The minimum atomic E-state index is 0.464. The Labute approximate surface area is 69.4 Å². The molecule has 11 heavy (non-hydrogen) atoms. The molecule has 1 atom stereocenters. The fraction of sp³-hybridized carbons (Fsp3) is 0.429. The van der Waals surface area contributed by atoms with Crippen molar-refractivity contribution in [3.8, 4) is 0 Å². The van der Waals surface area contributed by atoms with Gasteiger partial charge in [-0.3, -0.25) is 0 Å². The van der Waals surface area contributed by atoms with Crippen LogP contribution < -0.4 is 5.73 Å². The summed E-state index contributed by atoms with van der Waals surface area (Å²) in [5.74, 6) is 1.62. The van der Waals surface area contributed by atoms with E-state index in [4.69, 9.17) is 5.73 Å². The highest BCUT2D eigenvalue weighted by molar-refractivity contribution is 7.99. The quantitative estimate of drug-likeness (QED) is 0.634. The van der Waals surface area contributed by atoms with E-state index in [-0.39, 0.29) is 0 Å². The van der Waals surface area contributed by atoms with Gasteiger partial charge in [-0.25, -0.2) is 9.97 Å². The molecule has 0 radical (unpaired) electrons. The van der Waals surface area contributed by atoms with E-state index in [1.54, 1.807) is 0 Å². The van der Waals surface area contributed by atoms with Gasteiger partial charge in [-0.05, 0) is 6.92 Å². The average molecular weight is 167 g/mol. The van der Waals surface area contributed by atoms with Crippen molar-refractivity contribution in [2.75, 3.05) is 5.73 Å². The first kappa shape index (κ1) is 6.91. The van der Waals surface area contributed by atoms with Crippen LogP contribution in [0.15, 0.2) is 6.33 Å². The summed E-state index contributed by atoms with van der Waals surface area (Å²) in [6, 6.07) is 0. The lowest BCUT2D eigenvalue weighted by Crippen LogP contribution is -2.00. The molecule has 1 aliphatic heterocycles. The van der Waals surface area contributed by atoms with Crippen molar-refractivity contribution in [2.24, 2.45) is 0 Å². The number of fused-ring (bicyclic) bond motifs is 1. The Balaban J connectivity index is 2.58. The summed E-state index contributed by atoms with van der Waals surface area (Å²) in [7, 11) is 0. The van der Waals surface area contributed by atoms with Crippen molar-refractivity contribution < 1.29 is 0 Å². The number of hydrogen-bond donors (Lipinski definition) is 1. The molecule has 0 spiro atoms. The number of nitrogen functional groups attached to an aromatic ring is 1. The molecule has 0 aromatic carbocycles. The van der Waals surface area contributed by atoms with Gasteiger partial charge in [-0.2, -0.15) is 0 Å². The van der Waals surface area contributed by atoms with Crippen molar-refractivity contribution >= 4 is 17.6 Å². The molecule has 3 nitrogen and oxygen atoms in total. The molecule has 0 aliphatic carbocycles. The van der Waals surface area contributed by atoms with Crippen LogP contribution in [0.2, 0.25) is 0 Å². The monoisotopic (exact) mass is 167 g/mol. The number of thioether (sulfide) groups is 1. The van der Waals surface area contributed by atoms with Gasteiger partial charge < -0.3 is 5.73 Å². The molecule has 1 aromatic heterocycles. The summed E-state index contributed by atoms with van der Waals surface area (Å²) in [4.78, 5) is 8.11. The first-order valence-electron chi connectivity index (χ1n) is 3.50. The molecule has 0 saturated heterocycles. The molecule has 0 amide bonds. The van der Waals surface area contributed by atoms with Gasteiger partial charge in [0.1, 0.15) is 12.1 Å². The van der Waals surface area contributed by atoms with Crippen molar-refractivity contribution in [2.45, 2.75) is 17.9 Å². The maximum atomic E-state index is 5.70. The van der Waals surface area contributed by atoms with Gasteiger partial charge >= 0.3 is 0 Å². The van der Waals surface area contributed by atoms with Crippen LogP contribution in [-0.2, 0) is 5.75 Å². The second-order valence-electron chi connectivity index (χ2n) is 2.57. The Morgan fingerprint density at radius 1 is 1.64 bits per heavy atom. The standard InChI is InChI=1S/C7H9N3S/c1-4-6-5(2-11-4)9-3-10-7(6)8/h3-4H,2H2,1H3,(H2,8,9,10). The lowest BCUT2D eigenvalue weighted by Gasteiger charge is -2.03. The Morgan fingerprint density at radius 3 is 3.18 bits per heavy atom. The van der Waals surface area contributed by atoms with Crippen LogP contribution in [0.5, 0.6) is 0 Å². The molecule has 58 valence electrons. The van der Waals surface area contributed by atoms with Crippen molar-refractivity contribution in [3.05, 3.63) is 17.6 Å². The maximum Gasteiger partial charge on any atom is 0.131 e. The third-order valence-electron chi connectivity index (χ3n) is 1.87. The van der Waals surface area contributed by atoms with Crippen LogP contribution in [0.1, 0.15) is 23.4 Å². The third kappa shape index (κ3) is 0.976. The topological polar surface area (TPSA) is 51.8 Å². The predicted octanol–water partition coefficient (Wildman–Crippen LogP) is 1.37. The van der Waals surface area contributed by atoms with Crippen LogP contribution >= 0.6 is 11.8 Å². The van der Waals surface area contributed by atoms with E-state index in [2.05, 4.69) is 16.9 Å². The highest BCUT2D eigenvalue weighted by Gasteiger charge is 2.22. The number of anilines is 1. The molecule has 4 heteroatoms. The Hall–Kier alpha value is -0.770. The van der Waals surface area contributed by atoms with E-state index in [1.165, 1.54) is 6.33 Å². The summed E-state index contributed by atoms with van der Waals surface area (Å²) in [5.41, 5.74) is 7.94. The molecule has 0 bridgehead atoms. The second-order valence-corrected chi connectivity index (χ2v) is 3.90. The molecule has 1 aliphatic rings. The highest BCUT2D eigenvalue weighted by Crippen LogP contribution is 2.41. The molecular weight excluding hydrogens is 158 g/mol. The van der Waals surface area contributed by atoms with Crippen LogP contribution in [0.4, 0.5) is 5.82 Å². The van der Waals surface area contributed by atoms with Crippen molar-refractivity contribution in [1.82, 2.24) is 9.97 Å². The van der Waals surface area contributed by atoms with Gasteiger partial charge in [0.2, 0.25) is 0 Å². The van der Waals surface area contributed by atoms with E-state index in [0.29, 0.717) is 11.1 Å². The van der Waals surface area contributed by atoms with E-state index < -0.39 is 0 Å². The summed E-state index contributed by atoms with van der Waals surface area (Å²) < 4.78 is 0. The van der Waals surface area contributed by atoms with Crippen LogP contribution in [0.25, 0.3) is 0 Å². The smallest absolute Gasteiger partial charge is 0.131 e. The molecule has 2 heterocycles. The summed E-state index contributed by atoms with van der Waals surface area (Å²) in [6.45, 7) is 2.14. The maximum absolute atomic E-state index is 5.70. The van der Waals surface area contributed by atoms with E-state index in [1.807, 2.05) is 11.8 Å². The van der Waals surface area contributed by atoms with Gasteiger partial charge in [0.05, 0.1) is 5.69 Å². The molecule has 2 N–H and O–H groups in total. The number of rotatable bonds is 0. The Kier molecular flexibility index (Phi) is 1.49. The first-order chi connectivity index (χ1) is 5.29. The van der Waals surface area contributed by atoms with E-state index in [9.17, 15) is 0 Å². The lowest BCUT2D eigenvalue weighted by atomic mass is 10.2. The van der Waals surface area contributed by atoms with Gasteiger partial charge in [-0.1, -0.05) is 0 Å². The minimum Gasteiger partial charge on any atom is -0.383 e. The zero-order valence-electron chi connectivity index (χ0n) is 6.24. The minimum absolute atomic E-state index is 0.464. The zero-order valence-corrected chi connectivity index (χ0v) is 7.06. The van der Waals surface area contributed by atoms with Crippen LogP contribution in [0, 0.1) is 0 Å². The first-order valence-corrected chi connectivity index (χ1v) is 4.54. The summed E-state index contributed by atoms with van der Waals surface area (Å²) in [5, 5.41) is 0.464. The number of hydrogen-bond acceptors (Lipinski definition) is 4. The Morgan fingerprint density at radius 2 is 2.45 bits per heavy atom. The molecule has 0 fully saturated rings. The van der Waals surface area contributed by atoms with Crippen molar-refractivity contribution in [3.63, 3.8) is 0 Å². The van der Waals surface area contributed by atoms with Gasteiger partial charge in [0.25, 0.3) is 0 Å². The third-order valence-corrected chi connectivity index (χ3v) is 3.05. The summed E-state index contributed by atoms with van der Waals surface area (Å²) in [6.07, 6.45) is 1.53. The molecule has 0 saturated carbocycles. The molecule has 1 aromatic rings. The SMILES string of the molecule is CC1SCc2ncnc(N)c21. The average Bonchev–Trinajstić information content (AvgIpc) is 2.34. The fourth-order valence-corrected chi connectivity index (χ4v) is 2.35. The zero-order chi connectivity index (χ0) is 7.84. The lowest BCUT2D eigenvalue weighted by molar-refractivity contribution is 1.02. The molecule has 1 unspecified atom stereocenters. The second kappa shape index (κ2) is 2.37.